The molecule has 0 saturated carbocycles. The Hall–Kier alpha value is -5.22. The predicted molar refractivity (Wildman–Crippen MR) is 264 cm³/mol. The van der Waals surface area contributed by atoms with E-state index in [0.29, 0.717) is 6.61 Å². The van der Waals surface area contributed by atoms with Crippen LogP contribution in [0.25, 0.3) is 0 Å². The zero-order valence-corrected chi connectivity index (χ0v) is 40.0. The summed E-state index contributed by atoms with van der Waals surface area (Å²) < 4.78 is 68.2. The van der Waals surface area contributed by atoms with Crippen LogP contribution in [0.3, 0.4) is 0 Å². The van der Waals surface area contributed by atoms with Crippen LogP contribution in [0.15, 0.2) is 182 Å². The van der Waals surface area contributed by atoms with Gasteiger partial charge in [0.2, 0.25) is 0 Å². The fourth-order valence-electron chi connectivity index (χ4n) is 8.48. The first-order valence-corrected chi connectivity index (χ1v) is 24.8. The molecule has 0 aromatic heterocycles. The first-order valence-electron chi connectivity index (χ1n) is 23.5. The second-order valence-electron chi connectivity index (χ2n) is 17.0. The molecule has 6 aromatic rings. The lowest BCUT2D eigenvalue weighted by Crippen LogP contribution is -2.65. The topological polar surface area (TPSA) is 109 Å². The highest BCUT2D eigenvalue weighted by Gasteiger charge is 2.54. The van der Waals surface area contributed by atoms with Crippen LogP contribution in [0.4, 0.5) is 0 Å². The monoisotopic (exact) mass is 954 g/mol. The van der Waals surface area contributed by atoms with E-state index < -0.39 is 66.5 Å². The molecule has 2 aliphatic rings. The van der Waals surface area contributed by atoms with E-state index in [1.165, 1.54) is 18.7 Å². The van der Waals surface area contributed by atoms with E-state index >= 15 is 0 Å². The van der Waals surface area contributed by atoms with Crippen molar-refractivity contribution in [2.75, 3.05) is 19.5 Å². The molecule has 0 spiro atoms. The maximum Gasteiger partial charge on any atom is 0.302 e. The van der Waals surface area contributed by atoms with Crippen LogP contribution in [0.2, 0.25) is 0 Å². The molecule has 2 heterocycles. The number of hydrogen-bond donors (Lipinski definition) is 0. The number of thioether (sulfide) groups is 1. The van der Waals surface area contributed by atoms with Gasteiger partial charge in [0.15, 0.2) is 6.29 Å². The van der Waals surface area contributed by atoms with Crippen molar-refractivity contribution < 1.29 is 52.2 Å². The van der Waals surface area contributed by atoms with Crippen LogP contribution in [0, 0.1) is 0 Å². The molecule has 11 nitrogen and oxygen atoms in total. The standard InChI is InChI=1S/C57H62O11S/c1-41(58)60-40-49-51(62-35-44-25-13-5-14-26-44)52(63-36-45-27-15-6-16-28-45)54(65-38-47-31-19-8-20-32-47)56(66-49)68-55-53(64-37-46-29-17-7-18-30-46)50(61-34-43-23-11-4-12-24-43)48(67-57(55)69-2)39-59-33-42-21-9-3-10-22-42/h3-32,48-57H,33-40H2,1-2H3/t48?,49?,50-,51+,52+,53+,54?,55?,56+,57+/m0/s1. The lowest BCUT2D eigenvalue weighted by atomic mass is 9.96. The lowest BCUT2D eigenvalue weighted by Gasteiger charge is -2.50. The Balaban J connectivity index is 1.17. The van der Waals surface area contributed by atoms with Crippen molar-refractivity contribution in [1.29, 1.82) is 0 Å². The van der Waals surface area contributed by atoms with Crippen LogP contribution in [0.5, 0.6) is 0 Å². The number of benzene rings is 6. The molecular formula is C57H62O11S. The second kappa shape index (κ2) is 26.7. The summed E-state index contributed by atoms with van der Waals surface area (Å²) in [5.74, 6) is -0.460. The lowest BCUT2D eigenvalue weighted by molar-refractivity contribution is -0.356. The Bertz CT molecular complexity index is 2350. The van der Waals surface area contributed by atoms with Gasteiger partial charge >= 0.3 is 5.97 Å². The van der Waals surface area contributed by atoms with Crippen molar-refractivity contribution in [2.24, 2.45) is 0 Å². The molecule has 362 valence electrons. The van der Waals surface area contributed by atoms with E-state index in [-0.39, 0.29) is 46.2 Å². The summed E-state index contributed by atoms with van der Waals surface area (Å²) in [6.07, 6.45) is -5.15. The SMILES string of the molecule is CS[C@H]1OC(COCc2ccccc2)[C@H](OCc2ccccc2)[C@@H](OCc2ccccc2)C1O[C@H]1OC(COC(C)=O)[C@@H](OCc2ccccc2)[C@@H](OCc2ccccc2)C1OCc1ccccc1. The highest BCUT2D eigenvalue weighted by atomic mass is 32.2. The molecule has 69 heavy (non-hydrogen) atoms. The molecule has 4 unspecified atom stereocenters. The van der Waals surface area contributed by atoms with Crippen molar-refractivity contribution in [3.05, 3.63) is 215 Å². The molecule has 2 saturated heterocycles. The summed E-state index contributed by atoms with van der Waals surface area (Å²) in [6, 6.07) is 59.9. The van der Waals surface area contributed by atoms with Gasteiger partial charge in [-0.05, 0) is 39.6 Å². The summed E-state index contributed by atoms with van der Waals surface area (Å²) in [4.78, 5) is 12.5. The summed E-state index contributed by atoms with van der Waals surface area (Å²) in [5, 5.41) is 0. The van der Waals surface area contributed by atoms with Crippen molar-refractivity contribution in [3.8, 4) is 0 Å². The fraction of sp³-hybridized carbons (Fsp3) is 0.351. The molecule has 2 fully saturated rings. The maximum atomic E-state index is 12.5. The number of carbonyl (C=O) groups is 1. The van der Waals surface area contributed by atoms with Gasteiger partial charge in [-0.25, -0.2) is 0 Å². The number of rotatable bonds is 24. The highest BCUT2D eigenvalue weighted by Crippen LogP contribution is 2.38. The Kier molecular flexibility index (Phi) is 19.4. The van der Waals surface area contributed by atoms with Crippen LogP contribution in [-0.4, -0.2) is 86.0 Å². The first kappa shape index (κ1) is 50.2. The van der Waals surface area contributed by atoms with Gasteiger partial charge in [0, 0.05) is 6.92 Å². The smallest absolute Gasteiger partial charge is 0.302 e. The quantitative estimate of drug-likeness (QED) is 0.0539. The molecular weight excluding hydrogens is 893 g/mol. The van der Waals surface area contributed by atoms with Crippen LogP contribution in [0.1, 0.15) is 40.3 Å². The van der Waals surface area contributed by atoms with E-state index in [2.05, 4.69) is 0 Å². The molecule has 0 radical (unpaired) electrons. The Morgan fingerprint density at radius 1 is 0.420 bits per heavy atom. The highest BCUT2D eigenvalue weighted by molar-refractivity contribution is 7.99. The third-order valence-electron chi connectivity index (χ3n) is 12.0. The molecule has 2 aliphatic heterocycles. The molecule has 0 amide bonds. The molecule has 0 bridgehead atoms. The van der Waals surface area contributed by atoms with Gasteiger partial charge < -0.3 is 47.4 Å². The van der Waals surface area contributed by atoms with Crippen LogP contribution >= 0.6 is 11.8 Å². The minimum Gasteiger partial charge on any atom is -0.463 e. The summed E-state index contributed by atoms with van der Waals surface area (Å²) in [5.41, 5.74) is 5.28. The Labute approximate surface area is 410 Å². The van der Waals surface area contributed by atoms with Gasteiger partial charge in [0.25, 0.3) is 0 Å². The normalized spacial score (nSPS) is 24.7. The number of hydrogen-bond acceptors (Lipinski definition) is 12. The largest absolute Gasteiger partial charge is 0.463 e. The fourth-order valence-corrected chi connectivity index (χ4v) is 9.22. The predicted octanol–water partition coefficient (Wildman–Crippen LogP) is 9.89. The average molecular weight is 955 g/mol. The van der Waals surface area contributed by atoms with Gasteiger partial charge in [-0.2, -0.15) is 0 Å². The van der Waals surface area contributed by atoms with Gasteiger partial charge in [-0.15, -0.1) is 11.8 Å². The van der Waals surface area contributed by atoms with Gasteiger partial charge in [0.1, 0.15) is 60.9 Å². The maximum absolute atomic E-state index is 12.5. The van der Waals surface area contributed by atoms with Crippen LogP contribution in [-0.2, 0) is 91.8 Å². The van der Waals surface area contributed by atoms with Crippen LogP contribution < -0.4 is 0 Å². The van der Waals surface area contributed by atoms with Crippen molar-refractivity contribution in [2.45, 2.75) is 107 Å². The van der Waals surface area contributed by atoms with Gasteiger partial charge in [0.05, 0.1) is 46.2 Å². The van der Waals surface area contributed by atoms with E-state index in [1.807, 2.05) is 188 Å². The second-order valence-corrected chi connectivity index (χ2v) is 18.0. The Morgan fingerprint density at radius 3 is 1.13 bits per heavy atom. The Morgan fingerprint density at radius 2 is 0.754 bits per heavy atom. The number of ether oxygens (including phenoxy) is 10. The minimum absolute atomic E-state index is 0.129. The third-order valence-corrected chi connectivity index (χ3v) is 12.8. The third kappa shape index (κ3) is 14.9. The van der Waals surface area contributed by atoms with Crippen molar-refractivity contribution in [3.63, 3.8) is 0 Å². The van der Waals surface area contributed by atoms with Gasteiger partial charge in [-0.3, -0.25) is 4.79 Å². The summed E-state index contributed by atoms with van der Waals surface area (Å²) in [6.45, 7) is 3.10. The number of carbonyl (C=O) groups excluding carboxylic acids is 1. The van der Waals surface area contributed by atoms with E-state index in [4.69, 9.17) is 47.4 Å². The minimum atomic E-state index is -1.11. The van der Waals surface area contributed by atoms with Crippen molar-refractivity contribution in [1.82, 2.24) is 0 Å². The van der Waals surface area contributed by atoms with E-state index in [1.54, 1.807) is 0 Å². The first-order chi connectivity index (χ1) is 34.0. The van der Waals surface area contributed by atoms with Gasteiger partial charge in [-0.1, -0.05) is 182 Å². The molecule has 12 heteroatoms. The summed E-state index contributed by atoms with van der Waals surface area (Å²) in [7, 11) is 0. The molecule has 6 aromatic carbocycles. The molecule has 8 rings (SSSR count). The summed E-state index contributed by atoms with van der Waals surface area (Å²) >= 11 is 1.50. The average Bonchev–Trinajstić information content (AvgIpc) is 3.40. The zero-order valence-electron chi connectivity index (χ0n) is 39.1. The molecule has 10 atom stereocenters. The molecule has 0 aliphatic carbocycles. The van der Waals surface area contributed by atoms with E-state index in [9.17, 15) is 4.79 Å². The van der Waals surface area contributed by atoms with E-state index in [0.717, 1.165) is 33.4 Å². The zero-order chi connectivity index (χ0) is 47.5. The van der Waals surface area contributed by atoms with Crippen molar-refractivity contribution >= 4 is 17.7 Å². The molecule has 0 N–H and O–H groups in total. The number of esters is 1.